The van der Waals surface area contributed by atoms with Crippen molar-refractivity contribution in [2.45, 2.75) is 114 Å². The minimum Gasteiger partial charge on any atom is -0.504 e. The van der Waals surface area contributed by atoms with Gasteiger partial charge in [0.2, 0.25) is 5.75 Å². The van der Waals surface area contributed by atoms with Gasteiger partial charge in [-0.15, -0.1) is 0 Å². The Hall–Kier alpha value is -6.85. The summed E-state index contributed by atoms with van der Waals surface area (Å²) >= 11 is 0. The number of H-pyrrole nitrogens is 1. The van der Waals surface area contributed by atoms with Gasteiger partial charge in [-0.25, -0.2) is 0 Å². The molecular formula is C53H67N9O8. The van der Waals surface area contributed by atoms with Gasteiger partial charge in [0.05, 0.1) is 35.7 Å². The Morgan fingerprint density at radius 2 is 1.94 bits per heavy atom. The van der Waals surface area contributed by atoms with Gasteiger partial charge in [-0.2, -0.15) is 0 Å². The number of pyridine rings is 1. The number of nitrogens with zero attached hydrogens (tertiary/aromatic N) is 3. The van der Waals surface area contributed by atoms with E-state index in [1.807, 2.05) is 43.6 Å². The van der Waals surface area contributed by atoms with Crippen molar-refractivity contribution in [2.24, 2.45) is 16.6 Å². The lowest BCUT2D eigenvalue weighted by Crippen LogP contribution is -2.69. The van der Waals surface area contributed by atoms with E-state index in [1.165, 1.54) is 18.6 Å². The molecule has 17 nitrogen and oxygen atoms in total. The van der Waals surface area contributed by atoms with Crippen LogP contribution in [0.1, 0.15) is 93.7 Å². The van der Waals surface area contributed by atoms with Gasteiger partial charge >= 0.3 is 5.97 Å². The zero-order chi connectivity index (χ0) is 48.6. The largest absolute Gasteiger partial charge is 0.504 e. The van der Waals surface area contributed by atoms with Crippen molar-refractivity contribution in [2.75, 3.05) is 33.3 Å². The standard InChI is InChI=1S/C53H67N9O8/c1-33(63)68-41-26-39(69-46(27-41)38-24-45(65)50(66)48(25-38)67-21-15-36-7-4-17-56-29-36)11-9-35-10-12-44(64)47(22-35)70-40-8-3-16-53(28-40)42(30-55-2)51(62-31-37-14-20-57-43(37)32-62)60-52(61-53)59-18-5-6-34-13-19-58-49(54)23-34/h4,7,10,12-14,17,20,22-25,29,31-32,39-42,46,51,55,57-58,64-66H,3,5-6,8-9,11,15-16,18-19,21,26-28,30,54H2,1-2H3,(H2,59,60,61). The number of guanidine groups is 1. The molecule has 17 heteroatoms. The zero-order valence-electron chi connectivity index (χ0n) is 40.0. The molecule has 1 aliphatic carbocycles. The number of ether oxygens (including phenoxy) is 4. The van der Waals surface area contributed by atoms with E-state index in [0.29, 0.717) is 62.2 Å². The van der Waals surface area contributed by atoms with Gasteiger partial charge in [0.15, 0.2) is 29.0 Å². The lowest BCUT2D eigenvalue weighted by molar-refractivity contribution is -0.160. The summed E-state index contributed by atoms with van der Waals surface area (Å²) in [6.45, 7) is 3.77. The molecule has 1 saturated carbocycles. The number of aromatic amines is 1. The maximum Gasteiger partial charge on any atom is 0.302 e. The smallest absolute Gasteiger partial charge is 0.302 e. The number of carbonyl (C=O) groups is 1. The van der Waals surface area contributed by atoms with Crippen LogP contribution in [0.5, 0.6) is 28.7 Å². The minimum atomic E-state index is -0.547. The third-order valence-electron chi connectivity index (χ3n) is 14.1. The van der Waals surface area contributed by atoms with Gasteiger partial charge in [0.25, 0.3) is 0 Å². The molecule has 0 radical (unpaired) electrons. The van der Waals surface area contributed by atoms with Crippen molar-refractivity contribution in [3.05, 3.63) is 120 Å². The molecule has 6 heterocycles. The number of esters is 1. The lowest BCUT2D eigenvalue weighted by atomic mass is 9.69. The second kappa shape index (κ2) is 21.8. The van der Waals surface area contributed by atoms with Gasteiger partial charge in [0, 0.05) is 94.5 Å². The average molecular weight is 958 g/mol. The normalized spacial score (nSPS) is 25.1. The highest BCUT2D eigenvalue weighted by molar-refractivity contribution is 5.83. The zero-order valence-corrected chi connectivity index (χ0v) is 40.0. The number of hydrogen-bond acceptors (Lipinski definition) is 13. The molecule has 70 heavy (non-hydrogen) atoms. The highest BCUT2D eigenvalue weighted by atomic mass is 16.6. The summed E-state index contributed by atoms with van der Waals surface area (Å²) in [5, 5.41) is 48.2. The van der Waals surface area contributed by atoms with Gasteiger partial charge in [-0.05, 0) is 117 Å². The maximum absolute atomic E-state index is 12.2. The van der Waals surface area contributed by atoms with Gasteiger partial charge < -0.3 is 70.8 Å². The molecule has 1 spiro atoms. The number of fused-ring (bicyclic) bond motifs is 1. The molecule has 2 aromatic carbocycles. The predicted molar refractivity (Wildman–Crippen MR) is 267 cm³/mol. The van der Waals surface area contributed by atoms with Crippen LogP contribution in [0, 0.1) is 5.92 Å². The van der Waals surface area contributed by atoms with Gasteiger partial charge in [0.1, 0.15) is 18.4 Å². The Morgan fingerprint density at radius 3 is 2.76 bits per heavy atom. The third-order valence-corrected chi connectivity index (χ3v) is 14.1. The molecule has 3 aliphatic heterocycles. The van der Waals surface area contributed by atoms with E-state index in [-0.39, 0.29) is 65.4 Å². The minimum absolute atomic E-state index is 0.0749. The summed E-state index contributed by atoms with van der Waals surface area (Å²) in [6.07, 6.45) is 20.1. The molecule has 2 saturated heterocycles. The second-order valence-electron chi connectivity index (χ2n) is 19.2. The molecule has 10 N–H and O–H groups in total. The Morgan fingerprint density at radius 1 is 1.04 bits per heavy atom. The lowest BCUT2D eigenvalue weighted by Gasteiger charge is -2.53. The Balaban J connectivity index is 0.887. The van der Waals surface area contributed by atoms with E-state index in [9.17, 15) is 20.1 Å². The first kappa shape index (κ1) is 48.2. The number of aromatic hydroxyl groups is 3. The molecule has 5 aromatic rings. The van der Waals surface area contributed by atoms with E-state index in [2.05, 4.69) is 60.3 Å². The second-order valence-corrected chi connectivity index (χ2v) is 19.2. The molecule has 4 aliphatic rings. The molecule has 0 amide bonds. The number of aliphatic imine (C=N–C) groups is 1. The highest BCUT2D eigenvalue weighted by Crippen LogP contribution is 2.45. The summed E-state index contributed by atoms with van der Waals surface area (Å²) in [7, 11) is 2.00. The summed E-state index contributed by atoms with van der Waals surface area (Å²) in [6, 6.07) is 14.5. The number of dihydropyridines is 1. The molecule has 7 atom stereocenters. The monoisotopic (exact) mass is 958 g/mol. The Kier molecular flexibility index (Phi) is 15.0. The summed E-state index contributed by atoms with van der Waals surface area (Å²) in [5.74, 6) is 1.14. The van der Waals surface area contributed by atoms with Crippen molar-refractivity contribution in [3.63, 3.8) is 0 Å². The fourth-order valence-electron chi connectivity index (χ4n) is 10.7. The first-order valence-electron chi connectivity index (χ1n) is 24.7. The fourth-order valence-corrected chi connectivity index (χ4v) is 10.7. The summed E-state index contributed by atoms with van der Waals surface area (Å²) in [5.41, 5.74) is 10.5. The van der Waals surface area contributed by atoms with Crippen LogP contribution in [-0.2, 0) is 27.1 Å². The van der Waals surface area contributed by atoms with E-state index < -0.39 is 12.2 Å². The molecule has 3 fully saturated rings. The van der Waals surface area contributed by atoms with Crippen LogP contribution in [0.25, 0.3) is 10.9 Å². The topological polar surface area (TPSA) is 235 Å². The van der Waals surface area contributed by atoms with Crippen LogP contribution in [-0.4, -0.2) is 98.9 Å². The van der Waals surface area contributed by atoms with Crippen molar-refractivity contribution in [3.8, 4) is 28.7 Å². The first-order chi connectivity index (χ1) is 34.0. The van der Waals surface area contributed by atoms with Gasteiger partial charge in [-0.1, -0.05) is 18.2 Å². The number of rotatable bonds is 18. The van der Waals surface area contributed by atoms with E-state index in [1.54, 1.807) is 24.5 Å². The van der Waals surface area contributed by atoms with Crippen molar-refractivity contribution >= 4 is 22.8 Å². The highest BCUT2D eigenvalue weighted by Gasteiger charge is 2.51. The molecular weight excluding hydrogens is 891 g/mol. The fraction of sp³-hybridized carbons (Fsp3) is 0.453. The molecule has 372 valence electrons. The quantitative estimate of drug-likeness (QED) is 0.0255. The molecule has 3 aromatic heterocycles. The van der Waals surface area contributed by atoms with E-state index in [0.717, 1.165) is 73.2 Å². The van der Waals surface area contributed by atoms with Crippen molar-refractivity contribution in [1.82, 2.24) is 35.8 Å². The Bertz CT molecular complexity index is 2650. The number of benzene rings is 2. The molecule has 9 rings (SSSR count). The summed E-state index contributed by atoms with van der Waals surface area (Å²) in [4.78, 5) is 24.9. The number of aryl methyl sites for hydroxylation is 1. The van der Waals surface area contributed by atoms with Crippen LogP contribution < -0.4 is 36.5 Å². The first-order valence-corrected chi connectivity index (χ1v) is 24.7. The number of hydrogen-bond donors (Lipinski definition) is 9. The number of phenolic OH excluding ortho intramolecular Hbond substituents is 3. The number of allylic oxidation sites excluding steroid dienone is 2. The number of nitrogens with two attached hydrogens (primary N) is 1. The summed E-state index contributed by atoms with van der Waals surface area (Å²) < 4.78 is 27.4. The molecule has 7 unspecified atom stereocenters. The maximum atomic E-state index is 12.2. The number of nitrogens with one attached hydrogen (secondary N) is 5. The van der Waals surface area contributed by atoms with E-state index in [4.69, 9.17) is 29.7 Å². The average Bonchev–Trinajstić information content (AvgIpc) is 3.97. The van der Waals surface area contributed by atoms with E-state index >= 15 is 0 Å². The number of aromatic nitrogens is 3. The molecule has 0 bridgehead atoms. The van der Waals surface area contributed by atoms with Crippen LogP contribution in [0.3, 0.4) is 0 Å². The van der Waals surface area contributed by atoms with Gasteiger partial charge in [-0.3, -0.25) is 14.8 Å². The SMILES string of the molecule is CNCC1C(n2cc3cc[nH]c3c2)NC(=NCCCC2=CCNC(N)=C2)NC12CCCC(Oc1cc(CCC3CC(OC(C)=O)CC(c4cc(O)c(O)c(OCCc5cccnc5)c4)O3)ccc1O)C2. The van der Waals surface area contributed by atoms with Crippen LogP contribution in [0.15, 0.2) is 108 Å². The van der Waals surface area contributed by atoms with Crippen molar-refractivity contribution in [1.29, 1.82) is 0 Å². The Labute approximate surface area is 408 Å². The predicted octanol–water partition coefficient (Wildman–Crippen LogP) is 6.64. The van der Waals surface area contributed by atoms with Crippen LogP contribution >= 0.6 is 0 Å². The third kappa shape index (κ3) is 11.6. The van der Waals surface area contributed by atoms with Crippen LogP contribution in [0.2, 0.25) is 0 Å². The number of phenols is 3. The number of carbonyl (C=O) groups excluding carboxylic acids is 1. The van der Waals surface area contributed by atoms with Crippen molar-refractivity contribution < 1.29 is 39.1 Å². The van der Waals surface area contributed by atoms with Crippen LogP contribution in [0.4, 0.5) is 0 Å².